The van der Waals surface area contributed by atoms with E-state index in [0.717, 1.165) is 5.69 Å². The van der Waals surface area contributed by atoms with E-state index in [1.54, 1.807) is 4.90 Å². The van der Waals surface area contributed by atoms with Crippen LogP contribution in [-0.4, -0.2) is 44.3 Å². The predicted molar refractivity (Wildman–Crippen MR) is 82.1 cm³/mol. The zero-order valence-corrected chi connectivity index (χ0v) is 12.9. The van der Waals surface area contributed by atoms with Crippen molar-refractivity contribution in [2.45, 2.75) is 18.9 Å². The molecule has 0 spiro atoms. The number of para-hydroxylation sites is 1. The van der Waals surface area contributed by atoms with Gasteiger partial charge in [0.05, 0.1) is 17.4 Å². The minimum atomic E-state index is -3.02. The van der Waals surface area contributed by atoms with E-state index >= 15 is 0 Å². The zero-order chi connectivity index (χ0) is 15.7. The molecular formula is C15H18N2O4S. The number of amides is 2. The fourth-order valence-electron chi connectivity index (χ4n) is 2.97. The van der Waals surface area contributed by atoms with E-state index in [1.807, 2.05) is 30.3 Å². The number of hydrogen-bond donors (Lipinski definition) is 1. The second kappa shape index (κ2) is 5.72. The van der Waals surface area contributed by atoms with Gasteiger partial charge in [0.15, 0.2) is 9.84 Å². The molecule has 0 aromatic heterocycles. The van der Waals surface area contributed by atoms with Crippen molar-refractivity contribution in [3.63, 3.8) is 0 Å². The van der Waals surface area contributed by atoms with Crippen molar-refractivity contribution in [1.29, 1.82) is 0 Å². The molecule has 3 rings (SSSR count). The number of nitrogens with zero attached hydrogens (tertiary/aromatic N) is 1. The molecule has 0 saturated carbocycles. The lowest BCUT2D eigenvalue weighted by Gasteiger charge is -2.17. The third kappa shape index (κ3) is 3.14. The van der Waals surface area contributed by atoms with Gasteiger partial charge in [-0.05, 0) is 18.6 Å². The van der Waals surface area contributed by atoms with Gasteiger partial charge >= 0.3 is 0 Å². The summed E-state index contributed by atoms with van der Waals surface area (Å²) in [5.74, 6) is -0.602. The molecule has 2 aliphatic heterocycles. The minimum absolute atomic E-state index is 0.00179. The molecule has 2 atom stereocenters. The number of benzene rings is 1. The van der Waals surface area contributed by atoms with E-state index < -0.39 is 15.8 Å². The van der Waals surface area contributed by atoms with E-state index in [9.17, 15) is 18.0 Å². The van der Waals surface area contributed by atoms with E-state index in [1.165, 1.54) is 0 Å². The minimum Gasteiger partial charge on any atom is -0.352 e. The van der Waals surface area contributed by atoms with Gasteiger partial charge in [-0.25, -0.2) is 8.42 Å². The SMILES string of the molecule is O=C(NC1CCS(=O)(=O)C1)C1CC(=O)N(c2ccccc2)C1. The first-order valence-corrected chi connectivity index (χ1v) is 9.13. The Labute approximate surface area is 129 Å². The maximum Gasteiger partial charge on any atom is 0.227 e. The number of carbonyl (C=O) groups is 2. The summed E-state index contributed by atoms with van der Waals surface area (Å²) in [6.45, 7) is 0.341. The normalized spacial score (nSPS) is 27.1. The topological polar surface area (TPSA) is 83.5 Å². The molecule has 2 heterocycles. The van der Waals surface area contributed by atoms with Crippen LogP contribution in [0.4, 0.5) is 5.69 Å². The van der Waals surface area contributed by atoms with Crippen LogP contribution in [0, 0.1) is 5.92 Å². The average Bonchev–Trinajstić information content (AvgIpc) is 3.02. The summed E-state index contributed by atoms with van der Waals surface area (Å²) < 4.78 is 22.8. The van der Waals surface area contributed by atoms with Gasteiger partial charge in [-0.2, -0.15) is 0 Å². The molecule has 118 valence electrons. The number of anilines is 1. The Morgan fingerprint density at radius 1 is 1.23 bits per heavy atom. The Kier molecular flexibility index (Phi) is 3.90. The van der Waals surface area contributed by atoms with E-state index in [4.69, 9.17) is 0 Å². The first kappa shape index (κ1) is 15.0. The van der Waals surface area contributed by atoms with Gasteiger partial charge in [0.25, 0.3) is 0 Å². The summed E-state index contributed by atoms with van der Waals surface area (Å²) in [6, 6.07) is 8.91. The van der Waals surface area contributed by atoms with Gasteiger partial charge in [0, 0.05) is 24.7 Å². The van der Waals surface area contributed by atoms with Gasteiger partial charge in [0.2, 0.25) is 11.8 Å². The lowest BCUT2D eigenvalue weighted by atomic mass is 10.1. The first-order valence-electron chi connectivity index (χ1n) is 7.31. The Bertz CT molecular complexity index is 687. The molecular weight excluding hydrogens is 304 g/mol. The zero-order valence-electron chi connectivity index (χ0n) is 12.1. The Morgan fingerprint density at radius 3 is 2.59 bits per heavy atom. The van der Waals surface area contributed by atoms with Crippen molar-refractivity contribution in [2.75, 3.05) is 23.0 Å². The Hall–Kier alpha value is -1.89. The summed E-state index contributed by atoms with van der Waals surface area (Å²) in [6.07, 6.45) is 0.622. The van der Waals surface area contributed by atoms with Crippen molar-refractivity contribution in [2.24, 2.45) is 5.92 Å². The number of carbonyl (C=O) groups excluding carboxylic acids is 2. The molecule has 0 radical (unpaired) electrons. The number of nitrogens with one attached hydrogen (secondary N) is 1. The van der Waals surface area contributed by atoms with Crippen molar-refractivity contribution in [3.05, 3.63) is 30.3 Å². The largest absolute Gasteiger partial charge is 0.352 e. The van der Waals surface area contributed by atoms with Crippen molar-refractivity contribution >= 4 is 27.3 Å². The quantitative estimate of drug-likeness (QED) is 0.870. The van der Waals surface area contributed by atoms with Crippen LogP contribution in [0.2, 0.25) is 0 Å². The Balaban J connectivity index is 1.62. The van der Waals surface area contributed by atoms with Crippen LogP contribution in [-0.2, 0) is 19.4 Å². The van der Waals surface area contributed by atoms with Crippen LogP contribution in [0.25, 0.3) is 0 Å². The lowest BCUT2D eigenvalue weighted by Crippen LogP contribution is -2.40. The first-order chi connectivity index (χ1) is 10.4. The maximum atomic E-state index is 12.2. The molecule has 22 heavy (non-hydrogen) atoms. The molecule has 0 bridgehead atoms. The smallest absolute Gasteiger partial charge is 0.227 e. The van der Waals surface area contributed by atoms with Gasteiger partial charge < -0.3 is 10.2 Å². The maximum absolute atomic E-state index is 12.2. The molecule has 6 nitrogen and oxygen atoms in total. The van der Waals surface area contributed by atoms with Gasteiger partial charge in [-0.15, -0.1) is 0 Å². The number of rotatable bonds is 3. The van der Waals surface area contributed by atoms with Gasteiger partial charge in [-0.3, -0.25) is 9.59 Å². The van der Waals surface area contributed by atoms with Crippen LogP contribution in [0.15, 0.2) is 30.3 Å². The lowest BCUT2D eigenvalue weighted by molar-refractivity contribution is -0.126. The Morgan fingerprint density at radius 2 is 1.95 bits per heavy atom. The summed E-state index contributed by atoms with van der Waals surface area (Å²) in [7, 11) is -3.02. The fraction of sp³-hybridized carbons (Fsp3) is 0.467. The molecule has 7 heteroatoms. The summed E-state index contributed by atoms with van der Waals surface area (Å²) in [5.41, 5.74) is 0.784. The summed E-state index contributed by atoms with van der Waals surface area (Å²) >= 11 is 0. The van der Waals surface area contributed by atoms with Crippen LogP contribution in [0.5, 0.6) is 0 Å². The van der Waals surface area contributed by atoms with E-state index in [0.29, 0.717) is 13.0 Å². The standard InChI is InChI=1S/C15H18N2O4S/c18-14-8-11(9-17(14)13-4-2-1-3-5-13)15(19)16-12-6-7-22(20,21)10-12/h1-5,11-12H,6-10H2,(H,16,19). The molecule has 2 saturated heterocycles. The third-order valence-corrected chi connectivity index (χ3v) is 5.91. The monoisotopic (exact) mass is 322 g/mol. The molecule has 2 unspecified atom stereocenters. The molecule has 2 fully saturated rings. The predicted octanol–water partition coefficient (Wildman–Crippen LogP) is 0.343. The molecule has 1 aromatic rings. The third-order valence-electron chi connectivity index (χ3n) is 4.14. The van der Waals surface area contributed by atoms with Crippen LogP contribution >= 0.6 is 0 Å². The van der Waals surface area contributed by atoms with E-state index in [-0.39, 0.29) is 35.8 Å². The van der Waals surface area contributed by atoms with E-state index in [2.05, 4.69) is 5.32 Å². The van der Waals surface area contributed by atoms with Gasteiger partial charge in [0.1, 0.15) is 0 Å². The highest BCUT2D eigenvalue weighted by atomic mass is 32.2. The number of sulfone groups is 1. The highest BCUT2D eigenvalue weighted by molar-refractivity contribution is 7.91. The van der Waals surface area contributed by atoms with Crippen LogP contribution in [0.1, 0.15) is 12.8 Å². The van der Waals surface area contributed by atoms with Crippen LogP contribution < -0.4 is 10.2 Å². The second-order valence-electron chi connectivity index (χ2n) is 5.85. The van der Waals surface area contributed by atoms with Gasteiger partial charge in [-0.1, -0.05) is 18.2 Å². The van der Waals surface area contributed by atoms with Crippen LogP contribution in [0.3, 0.4) is 0 Å². The highest BCUT2D eigenvalue weighted by Crippen LogP contribution is 2.25. The van der Waals surface area contributed by atoms with Crippen molar-refractivity contribution in [3.8, 4) is 0 Å². The molecule has 1 N–H and O–H groups in total. The van der Waals surface area contributed by atoms with Crippen molar-refractivity contribution in [1.82, 2.24) is 5.32 Å². The van der Waals surface area contributed by atoms with Crippen molar-refractivity contribution < 1.29 is 18.0 Å². The summed E-state index contributed by atoms with van der Waals surface area (Å²) in [4.78, 5) is 25.9. The molecule has 0 aliphatic carbocycles. The molecule has 1 aromatic carbocycles. The highest BCUT2D eigenvalue weighted by Gasteiger charge is 2.37. The average molecular weight is 322 g/mol. The molecule has 2 aliphatic rings. The molecule has 2 amide bonds. The fourth-order valence-corrected chi connectivity index (χ4v) is 4.64. The second-order valence-corrected chi connectivity index (χ2v) is 8.08. The summed E-state index contributed by atoms with van der Waals surface area (Å²) in [5, 5.41) is 2.77. The number of hydrogen-bond acceptors (Lipinski definition) is 4.